The summed E-state index contributed by atoms with van der Waals surface area (Å²) >= 11 is 5.77. The summed E-state index contributed by atoms with van der Waals surface area (Å²) in [7, 11) is -4.03. The SMILES string of the molecule is N#C/C(=C\c1ccc(-c2ccc([N+](=O)[O-])cc2)o1)S(=O)(=O)c1ccc(Cl)cc1. The fourth-order valence-electron chi connectivity index (χ4n) is 2.37. The molecule has 0 aliphatic heterocycles. The molecule has 7 nitrogen and oxygen atoms in total. The predicted octanol–water partition coefficient (Wildman–Crippen LogP) is 4.85. The van der Waals surface area contributed by atoms with Gasteiger partial charge >= 0.3 is 0 Å². The Morgan fingerprint density at radius 1 is 1.07 bits per heavy atom. The van der Waals surface area contributed by atoms with E-state index in [4.69, 9.17) is 16.0 Å². The highest BCUT2D eigenvalue weighted by Crippen LogP contribution is 2.27. The minimum absolute atomic E-state index is 0.0590. The maximum atomic E-state index is 12.6. The van der Waals surface area contributed by atoms with E-state index in [9.17, 15) is 23.8 Å². The normalized spacial score (nSPS) is 11.8. The quantitative estimate of drug-likeness (QED) is 0.335. The van der Waals surface area contributed by atoms with Crippen LogP contribution in [-0.4, -0.2) is 13.3 Å². The third kappa shape index (κ3) is 3.96. The van der Waals surface area contributed by atoms with E-state index < -0.39 is 19.7 Å². The molecule has 0 spiro atoms. The van der Waals surface area contributed by atoms with Crippen molar-refractivity contribution in [3.63, 3.8) is 0 Å². The molecule has 0 amide bonds. The van der Waals surface area contributed by atoms with Crippen molar-refractivity contribution >= 4 is 33.2 Å². The van der Waals surface area contributed by atoms with Gasteiger partial charge in [0.1, 0.15) is 17.6 Å². The van der Waals surface area contributed by atoms with Gasteiger partial charge in [0.25, 0.3) is 5.69 Å². The highest BCUT2D eigenvalue weighted by molar-refractivity contribution is 7.95. The van der Waals surface area contributed by atoms with Gasteiger partial charge < -0.3 is 4.42 Å². The minimum atomic E-state index is -4.03. The van der Waals surface area contributed by atoms with Crippen molar-refractivity contribution in [2.24, 2.45) is 0 Å². The largest absolute Gasteiger partial charge is 0.457 e. The molecule has 0 saturated heterocycles. The smallest absolute Gasteiger partial charge is 0.269 e. The fourth-order valence-corrected chi connectivity index (χ4v) is 3.64. The van der Waals surface area contributed by atoms with Gasteiger partial charge in [0.05, 0.1) is 9.82 Å². The summed E-state index contributed by atoms with van der Waals surface area (Å²) in [5, 5.41) is 20.4. The number of halogens is 1. The molecular weight excluding hydrogens is 404 g/mol. The number of hydrogen-bond donors (Lipinski definition) is 0. The van der Waals surface area contributed by atoms with Gasteiger partial charge in [0.2, 0.25) is 9.84 Å². The van der Waals surface area contributed by atoms with E-state index in [-0.39, 0.29) is 16.3 Å². The number of non-ortho nitro benzene ring substituents is 1. The molecule has 3 rings (SSSR count). The molecule has 0 aliphatic rings. The van der Waals surface area contributed by atoms with E-state index in [0.29, 0.717) is 16.3 Å². The second-order valence-corrected chi connectivity index (χ2v) is 7.94. The molecule has 0 unspecified atom stereocenters. The maximum absolute atomic E-state index is 12.6. The highest BCUT2D eigenvalue weighted by atomic mass is 35.5. The average Bonchev–Trinajstić information content (AvgIpc) is 3.15. The van der Waals surface area contributed by atoms with Crippen molar-refractivity contribution in [3.8, 4) is 17.4 Å². The summed E-state index contributed by atoms with van der Waals surface area (Å²) in [5.74, 6) is 0.532. The minimum Gasteiger partial charge on any atom is -0.457 e. The number of nitro groups is 1. The van der Waals surface area contributed by atoms with E-state index in [1.807, 2.05) is 0 Å². The van der Waals surface area contributed by atoms with Gasteiger partial charge in [-0.15, -0.1) is 0 Å². The number of furan rings is 1. The second-order valence-electron chi connectivity index (χ2n) is 5.58. The first kappa shape index (κ1) is 19.4. The van der Waals surface area contributed by atoms with Gasteiger partial charge in [-0.3, -0.25) is 10.1 Å². The van der Waals surface area contributed by atoms with Crippen LogP contribution in [0.1, 0.15) is 5.76 Å². The van der Waals surface area contributed by atoms with Crippen LogP contribution < -0.4 is 0 Å². The second kappa shape index (κ2) is 7.68. The van der Waals surface area contributed by atoms with Crippen molar-refractivity contribution in [2.45, 2.75) is 4.90 Å². The maximum Gasteiger partial charge on any atom is 0.269 e. The number of sulfone groups is 1. The molecule has 0 radical (unpaired) electrons. The number of nitro benzene ring substituents is 1. The van der Waals surface area contributed by atoms with E-state index in [0.717, 1.165) is 6.08 Å². The van der Waals surface area contributed by atoms with Gasteiger partial charge in [-0.1, -0.05) is 11.6 Å². The zero-order valence-corrected chi connectivity index (χ0v) is 15.6. The Balaban J connectivity index is 1.93. The van der Waals surface area contributed by atoms with Gasteiger partial charge in [-0.2, -0.15) is 5.26 Å². The summed E-state index contributed by atoms with van der Waals surface area (Å²) in [6.07, 6.45) is 1.12. The zero-order valence-electron chi connectivity index (χ0n) is 14.1. The van der Waals surface area contributed by atoms with E-state index in [2.05, 4.69) is 0 Å². The summed E-state index contributed by atoms with van der Waals surface area (Å²) in [5.41, 5.74) is 0.514. The Bertz CT molecular complexity index is 1200. The van der Waals surface area contributed by atoms with Gasteiger partial charge in [0.15, 0.2) is 4.91 Å². The van der Waals surface area contributed by atoms with Gasteiger partial charge in [-0.25, -0.2) is 8.42 Å². The third-order valence-corrected chi connectivity index (χ3v) is 5.72. The number of allylic oxidation sites excluding steroid dienone is 1. The Hall–Kier alpha value is -3.41. The van der Waals surface area contributed by atoms with Crippen LogP contribution in [0.4, 0.5) is 5.69 Å². The highest BCUT2D eigenvalue weighted by Gasteiger charge is 2.21. The summed E-state index contributed by atoms with van der Waals surface area (Å²) < 4.78 is 30.8. The molecule has 0 N–H and O–H groups in total. The monoisotopic (exact) mass is 414 g/mol. The lowest BCUT2D eigenvalue weighted by molar-refractivity contribution is -0.384. The van der Waals surface area contributed by atoms with Crippen LogP contribution in [0.2, 0.25) is 5.02 Å². The molecule has 0 fully saturated rings. The lowest BCUT2D eigenvalue weighted by Gasteiger charge is -2.02. The van der Waals surface area contributed by atoms with Gasteiger partial charge in [-0.05, 0) is 48.5 Å². The Labute approximate surface area is 165 Å². The van der Waals surface area contributed by atoms with Crippen molar-refractivity contribution in [1.29, 1.82) is 5.26 Å². The zero-order chi connectivity index (χ0) is 20.3. The number of rotatable bonds is 5. The molecule has 0 bridgehead atoms. The third-order valence-electron chi connectivity index (χ3n) is 3.79. The van der Waals surface area contributed by atoms with E-state index in [1.165, 1.54) is 54.6 Å². The molecule has 28 heavy (non-hydrogen) atoms. The van der Waals surface area contributed by atoms with Crippen LogP contribution in [0.25, 0.3) is 17.4 Å². The van der Waals surface area contributed by atoms with Crippen LogP contribution in [0.15, 0.2) is 74.9 Å². The number of nitriles is 1. The molecule has 0 saturated carbocycles. The fraction of sp³-hybridized carbons (Fsp3) is 0. The molecule has 1 heterocycles. The number of benzene rings is 2. The molecule has 3 aromatic rings. The Morgan fingerprint density at radius 2 is 1.71 bits per heavy atom. The van der Waals surface area contributed by atoms with E-state index >= 15 is 0 Å². The van der Waals surface area contributed by atoms with E-state index in [1.54, 1.807) is 12.1 Å². The average molecular weight is 415 g/mol. The molecule has 2 aromatic carbocycles. The van der Waals surface area contributed by atoms with Crippen LogP contribution in [-0.2, 0) is 9.84 Å². The molecule has 0 atom stereocenters. The first-order valence-electron chi connectivity index (χ1n) is 7.78. The van der Waals surface area contributed by atoms with Crippen LogP contribution >= 0.6 is 11.6 Å². The Kier molecular flexibility index (Phi) is 5.31. The topological polar surface area (TPSA) is 114 Å². The molecule has 1 aromatic heterocycles. The lowest BCUT2D eigenvalue weighted by atomic mass is 10.1. The molecule has 140 valence electrons. The predicted molar refractivity (Wildman–Crippen MR) is 103 cm³/mol. The lowest BCUT2D eigenvalue weighted by Crippen LogP contribution is -2.03. The molecular formula is C19H11ClN2O5S. The molecule has 9 heteroatoms. The van der Waals surface area contributed by atoms with Crippen molar-refractivity contribution < 1.29 is 17.8 Å². The van der Waals surface area contributed by atoms with Crippen molar-refractivity contribution in [3.05, 3.63) is 86.5 Å². The van der Waals surface area contributed by atoms with Crippen LogP contribution in [0.3, 0.4) is 0 Å². The summed E-state index contributed by atoms with van der Waals surface area (Å²) in [4.78, 5) is 9.65. The molecule has 0 aliphatic carbocycles. The standard InChI is InChI=1S/C19H11ClN2O5S/c20-14-3-8-17(9-4-14)28(25,26)18(12-21)11-16-7-10-19(27-16)13-1-5-15(6-2-13)22(23)24/h1-11H/b18-11+. The summed E-state index contributed by atoms with van der Waals surface area (Å²) in [6, 6.07) is 15.9. The summed E-state index contributed by atoms with van der Waals surface area (Å²) in [6.45, 7) is 0. The van der Waals surface area contributed by atoms with Crippen LogP contribution in [0, 0.1) is 21.4 Å². The van der Waals surface area contributed by atoms with Crippen LogP contribution in [0.5, 0.6) is 0 Å². The van der Waals surface area contributed by atoms with Crippen molar-refractivity contribution in [2.75, 3.05) is 0 Å². The van der Waals surface area contributed by atoms with Gasteiger partial charge in [0, 0.05) is 28.8 Å². The number of nitrogens with zero attached hydrogens (tertiary/aromatic N) is 2. The first-order valence-corrected chi connectivity index (χ1v) is 9.64. The Morgan fingerprint density at radius 3 is 2.29 bits per heavy atom. The number of hydrogen-bond acceptors (Lipinski definition) is 6. The van der Waals surface area contributed by atoms with Crippen molar-refractivity contribution in [1.82, 2.24) is 0 Å². The first-order chi connectivity index (χ1) is 13.3.